The van der Waals surface area contributed by atoms with Gasteiger partial charge in [0, 0.05) is 26.0 Å². The summed E-state index contributed by atoms with van der Waals surface area (Å²) in [6.45, 7) is 0.613. The van der Waals surface area contributed by atoms with Gasteiger partial charge in [-0.3, -0.25) is 4.79 Å². The Labute approximate surface area is 128 Å². The number of benzene rings is 1. The second kappa shape index (κ2) is 6.27. The van der Waals surface area contributed by atoms with Crippen LogP contribution in [0.1, 0.15) is 30.3 Å². The highest BCUT2D eigenvalue weighted by Crippen LogP contribution is 2.22. The molecule has 0 saturated carbocycles. The highest BCUT2D eigenvalue weighted by molar-refractivity contribution is 5.81. The first-order chi connectivity index (χ1) is 10.6. The number of rotatable bonds is 4. The molecular formula is C16H18FN3O2. The number of amides is 1. The lowest BCUT2D eigenvalue weighted by atomic mass is 10.1. The van der Waals surface area contributed by atoms with Crippen LogP contribution in [0.25, 0.3) is 0 Å². The second-order valence-electron chi connectivity index (χ2n) is 5.39. The first-order valence-electron chi connectivity index (χ1n) is 7.30. The molecule has 0 bridgehead atoms. The van der Waals surface area contributed by atoms with Crippen LogP contribution in [0.15, 0.2) is 36.7 Å². The molecule has 0 radical (unpaired) electrons. The van der Waals surface area contributed by atoms with E-state index in [0.29, 0.717) is 12.4 Å². The van der Waals surface area contributed by atoms with Crippen LogP contribution in [-0.2, 0) is 16.6 Å². The summed E-state index contributed by atoms with van der Waals surface area (Å²) >= 11 is 0. The summed E-state index contributed by atoms with van der Waals surface area (Å²) in [4.78, 5) is 16.7. The van der Waals surface area contributed by atoms with E-state index in [1.54, 1.807) is 18.3 Å². The molecule has 1 N–H and O–H groups in total. The average molecular weight is 303 g/mol. The third kappa shape index (κ3) is 3.01. The SMILES string of the molecule is Cn1ccnc1C(NC(=O)C1CCCO1)c1ccc(F)cc1. The van der Waals surface area contributed by atoms with E-state index in [2.05, 4.69) is 10.3 Å². The number of hydrogen-bond donors (Lipinski definition) is 1. The maximum atomic E-state index is 13.2. The highest BCUT2D eigenvalue weighted by atomic mass is 19.1. The first-order valence-corrected chi connectivity index (χ1v) is 7.30. The van der Waals surface area contributed by atoms with Crippen LogP contribution in [0.2, 0.25) is 0 Å². The Morgan fingerprint density at radius 3 is 2.82 bits per heavy atom. The summed E-state index contributed by atoms with van der Waals surface area (Å²) < 4.78 is 20.4. The fraction of sp³-hybridized carbons (Fsp3) is 0.375. The molecule has 1 fully saturated rings. The summed E-state index contributed by atoms with van der Waals surface area (Å²) in [5.41, 5.74) is 0.780. The minimum atomic E-state index is -0.433. The Bertz CT molecular complexity index is 648. The van der Waals surface area contributed by atoms with Crippen LogP contribution in [0, 0.1) is 5.82 Å². The van der Waals surface area contributed by atoms with E-state index in [4.69, 9.17) is 4.74 Å². The van der Waals surface area contributed by atoms with Crippen molar-refractivity contribution >= 4 is 5.91 Å². The summed E-state index contributed by atoms with van der Waals surface area (Å²) in [6.07, 6.45) is 4.68. The maximum Gasteiger partial charge on any atom is 0.249 e. The van der Waals surface area contributed by atoms with E-state index in [1.807, 2.05) is 17.8 Å². The number of aromatic nitrogens is 2. The van der Waals surface area contributed by atoms with Gasteiger partial charge in [-0.25, -0.2) is 9.37 Å². The van der Waals surface area contributed by atoms with Crippen molar-refractivity contribution in [3.63, 3.8) is 0 Å². The van der Waals surface area contributed by atoms with E-state index >= 15 is 0 Å². The van der Waals surface area contributed by atoms with Gasteiger partial charge < -0.3 is 14.6 Å². The molecule has 2 atom stereocenters. The van der Waals surface area contributed by atoms with Gasteiger partial charge >= 0.3 is 0 Å². The molecule has 1 saturated heterocycles. The number of carbonyl (C=O) groups is 1. The third-order valence-corrected chi connectivity index (χ3v) is 3.83. The number of nitrogens with one attached hydrogen (secondary N) is 1. The van der Waals surface area contributed by atoms with Gasteiger partial charge in [0.05, 0.1) is 0 Å². The summed E-state index contributed by atoms with van der Waals surface area (Å²) in [6, 6.07) is 5.64. The van der Waals surface area contributed by atoms with Crippen molar-refractivity contribution in [1.82, 2.24) is 14.9 Å². The lowest BCUT2D eigenvalue weighted by Gasteiger charge is -2.21. The fourth-order valence-electron chi connectivity index (χ4n) is 2.63. The number of halogens is 1. The molecule has 1 amide bonds. The summed E-state index contributed by atoms with van der Waals surface area (Å²) in [5, 5.41) is 2.97. The molecule has 1 aromatic carbocycles. The van der Waals surface area contributed by atoms with Crippen molar-refractivity contribution in [1.29, 1.82) is 0 Å². The van der Waals surface area contributed by atoms with Gasteiger partial charge in [0.2, 0.25) is 5.91 Å². The molecule has 2 aromatic rings. The lowest BCUT2D eigenvalue weighted by molar-refractivity contribution is -0.130. The zero-order valence-electron chi connectivity index (χ0n) is 12.3. The predicted octanol–water partition coefficient (Wildman–Crippen LogP) is 1.94. The molecule has 116 valence electrons. The van der Waals surface area contributed by atoms with Gasteiger partial charge in [-0.2, -0.15) is 0 Å². The number of imidazole rings is 1. The van der Waals surface area contributed by atoms with Gasteiger partial charge in [-0.15, -0.1) is 0 Å². The van der Waals surface area contributed by atoms with Crippen molar-refractivity contribution in [2.45, 2.75) is 25.0 Å². The fourth-order valence-corrected chi connectivity index (χ4v) is 2.63. The third-order valence-electron chi connectivity index (χ3n) is 3.83. The van der Waals surface area contributed by atoms with Crippen molar-refractivity contribution < 1.29 is 13.9 Å². The summed E-state index contributed by atoms with van der Waals surface area (Å²) in [7, 11) is 1.86. The van der Waals surface area contributed by atoms with Crippen LogP contribution >= 0.6 is 0 Å². The van der Waals surface area contributed by atoms with Crippen LogP contribution < -0.4 is 5.32 Å². The van der Waals surface area contributed by atoms with E-state index in [-0.39, 0.29) is 11.7 Å². The second-order valence-corrected chi connectivity index (χ2v) is 5.39. The number of nitrogens with zero attached hydrogens (tertiary/aromatic N) is 2. The average Bonchev–Trinajstić information content (AvgIpc) is 3.17. The van der Waals surface area contributed by atoms with Gasteiger partial charge in [0.25, 0.3) is 0 Å². The van der Waals surface area contributed by atoms with Crippen LogP contribution in [0.4, 0.5) is 4.39 Å². The minimum Gasteiger partial charge on any atom is -0.368 e. The molecule has 5 nitrogen and oxygen atoms in total. The van der Waals surface area contributed by atoms with Crippen LogP contribution in [0.5, 0.6) is 0 Å². The van der Waals surface area contributed by atoms with Gasteiger partial charge in [0.15, 0.2) is 0 Å². The van der Waals surface area contributed by atoms with E-state index < -0.39 is 12.1 Å². The number of carbonyl (C=O) groups excluding carboxylic acids is 1. The number of ether oxygens (including phenoxy) is 1. The van der Waals surface area contributed by atoms with Gasteiger partial charge in [0.1, 0.15) is 23.8 Å². The predicted molar refractivity (Wildman–Crippen MR) is 78.6 cm³/mol. The highest BCUT2D eigenvalue weighted by Gasteiger charge is 2.28. The molecule has 22 heavy (non-hydrogen) atoms. The first kappa shape index (κ1) is 14.7. The number of hydrogen-bond acceptors (Lipinski definition) is 3. The molecule has 1 aromatic heterocycles. The summed E-state index contributed by atoms with van der Waals surface area (Å²) in [5.74, 6) is 0.223. The Morgan fingerprint density at radius 1 is 1.45 bits per heavy atom. The monoisotopic (exact) mass is 303 g/mol. The Morgan fingerprint density at radius 2 is 2.23 bits per heavy atom. The molecule has 1 aliphatic heterocycles. The van der Waals surface area contributed by atoms with Gasteiger partial charge in [-0.1, -0.05) is 12.1 Å². The Hall–Kier alpha value is -2.21. The topological polar surface area (TPSA) is 56.2 Å². The van der Waals surface area contributed by atoms with E-state index in [0.717, 1.165) is 18.4 Å². The van der Waals surface area contributed by atoms with E-state index in [9.17, 15) is 9.18 Å². The van der Waals surface area contributed by atoms with Crippen LogP contribution in [-0.4, -0.2) is 28.2 Å². The molecule has 0 aliphatic carbocycles. The minimum absolute atomic E-state index is 0.158. The van der Waals surface area contributed by atoms with E-state index in [1.165, 1.54) is 12.1 Å². The van der Waals surface area contributed by atoms with Crippen molar-refractivity contribution in [3.8, 4) is 0 Å². The lowest BCUT2D eigenvalue weighted by Crippen LogP contribution is -2.38. The molecule has 2 unspecified atom stereocenters. The quantitative estimate of drug-likeness (QED) is 0.939. The smallest absolute Gasteiger partial charge is 0.249 e. The van der Waals surface area contributed by atoms with Crippen molar-refractivity contribution in [2.75, 3.05) is 6.61 Å². The van der Waals surface area contributed by atoms with Crippen LogP contribution in [0.3, 0.4) is 0 Å². The molecule has 3 rings (SSSR count). The largest absolute Gasteiger partial charge is 0.368 e. The van der Waals surface area contributed by atoms with Gasteiger partial charge in [-0.05, 0) is 30.5 Å². The Kier molecular flexibility index (Phi) is 4.20. The molecule has 1 aliphatic rings. The number of aryl methyl sites for hydroxylation is 1. The van der Waals surface area contributed by atoms with Crippen molar-refractivity contribution in [3.05, 3.63) is 53.9 Å². The zero-order valence-corrected chi connectivity index (χ0v) is 12.3. The zero-order chi connectivity index (χ0) is 15.5. The van der Waals surface area contributed by atoms with Crippen molar-refractivity contribution in [2.24, 2.45) is 7.05 Å². The Balaban J connectivity index is 1.87. The molecular weight excluding hydrogens is 285 g/mol. The molecule has 2 heterocycles. The molecule has 0 spiro atoms. The standard InChI is InChI=1S/C16H18FN3O2/c1-20-9-8-18-15(20)14(11-4-6-12(17)7-5-11)19-16(21)13-3-2-10-22-13/h4-9,13-14H,2-3,10H2,1H3,(H,19,21). The normalized spacial score (nSPS) is 19.1. The maximum absolute atomic E-state index is 13.2. The molecule has 6 heteroatoms.